The number of nitrogens with one attached hydrogen (secondary N) is 2. The molecular formula is C23H27N9. The van der Waals surface area contributed by atoms with Gasteiger partial charge in [0.15, 0.2) is 17.0 Å². The molecule has 0 aromatic carbocycles. The van der Waals surface area contributed by atoms with Gasteiger partial charge in [-0.2, -0.15) is 0 Å². The van der Waals surface area contributed by atoms with Crippen molar-refractivity contribution in [2.45, 2.75) is 64.8 Å². The Hall–Kier alpha value is -3.33. The molecule has 2 unspecified atom stereocenters. The van der Waals surface area contributed by atoms with Gasteiger partial charge in [-0.05, 0) is 46.1 Å². The van der Waals surface area contributed by atoms with Gasteiger partial charge in [-0.1, -0.05) is 6.08 Å². The molecule has 6 rings (SSSR count). The molecule has 0 bridgehead atoms. The summed E-state index contributed by atoms with van der Waals surface area (Å²) in [6, 6.07) is 1.08. The summed E-state index contributed by atoms with van der Waals surface area (Å²) >= 11 is 0. The Kier molecular flexibility index (Phi) is 4.46. The van der Waals surface area contributed by atoms with Crippen molar-refractivity contribution < 1.29 is 0 Å². The Morgan fingerprint density at radius 1 is 1.16 bits per heavy atom. The van der Waals surface area contributed by atoms with E-state index in [1.807, 2.05) is 19.3 Å². The van der Waals surface area contributed by atoms with E-state index in [0.717, 1.165) is 52.9 Å². The first-order chi connectivity index (χ1) is 15.6. The van der Waals surface area contributed by atoms with Crippen LogP contribution in [0, 0.1) is 6.92 Å². The van der Waals surface area contributed by atoms with E-state index in [1.54, 1.807) is 6.33 Å². The molecule has 2 N–H and O–H groups in total. The van der Waals surface area contributed by atoms with Gasteiger partial charge in [0.05, 0.1) is 17.8 Å². The summed E-state index contributed by atoms with van der Waals surface area (Å²) in [5.41, 5.74) is 4.87. The second-order valence-electron chi connectivity index (χ2n) is 8.72. The van der Waals surface area contributed by atoms with Gasteiger partial charge in [-0.3, -0.25) is 5.32 Å². The minimum Gasteiger partial charge on any atom is -0.355 e. The van der Waals surface area contributed by atoms with Gasteiger partial charge in [0.1, 0.15) is 18.0 Å². The molecule has 4 heterocycles. The number of rotatable bonds is 5. The van der Waals surface area contributed by atoms with Crippen molar-refractivity contribution in [3.05, 3.63) is 48.1 Å². The summed E-state index contributed by atoms with van der Waals surface area (Å²) in [6.07, 6.45) is 13.7. The third-order valence-electron chi connectivity index (χ3n) is 6.48. The fourth-order valence-electron chi connectivity index (χ4n) is 4.85. The Bertz CT molecular complexity index is 1240. The van der Waals surface area contributed by atoms with Gasteiger partial charge in [0.25, 0.3) is 0 Å². The standard InChI is InChI=1S/C23H27N9/c1-4-31-22(15-10-24-13(2)25-11-15)30-20-21(26-12-27-23(20)31)29-16-5-8-18-19(9-16)32(14(3)28-18)17-6-7-17/h5,9-12,14,17-18,28H,4,6-8H2,1-3H3,(H,26,27,29). The molecule has 9 heteroatoms. The third-order valence-corrected chi connectivity index (χ3v) is 6.48. The molecular weight excluding hydrogens is 402 g/mol. The largest absolute Gasteiger partial charge is 0.355 e. The van der Waals surface area contributed by atoms with Crippen molar-refractivity contribution in [2.75, 3.05) is 5.32 Å². The third kappa shape index (κ3) is 3.15. The number of allylic oxidation sites excluding steroid dienone is 1. The van der Waals surface area contributed by atoms with Crippen LogP contribution in [-0.4, -0.2) is 52.6 Å². The van der Waals surface area contributed by atoms with Crippen LogP contribution in [0.2, 0.25) is 0 Å². The van der Waals surface area contributed by atoms with Crippen LogP contribution < -0.4 is 10.6 Å². The predicted molar refractivity (Wildman–Crippen MR) is 122 cm³/mol. The molecule has 164 valence electrons. The monoisotopic (exact) mass is 429 g/mol. The smallest absolute Gasteiger partial charge is 0.165 e. The van der Waals surface area contributed by atoms with E-state index in [4.69, 9.17) is 4.98 Å². The van der Waals surface area contributed by atoms with Gasteiger partial charge >= 0.3 is 0 Å². The zero-order valence-corrected chi connectivity index (χ0v) is 18.6. The molecule has 32 heavy (non-hydrogen) atoms. The number of nitrogens with zero attached hydrogens (tertiary/aromatic N) is 7. The maximum Gasteiger partial charge on any atom is 0.165 e. The summed E-state index contributed by atoms with van der Waals surface area (Å²) in [5.74, 6) is 2.26. The van der Waals surface area contributed by atoms with Crippen LogP contribution in [0.4, 0.5) is 5.82 Å². The van der Waals surface area contributed by atoms with Crippen molar-refractivity contribution in [1.82, 2.24) is 39.7 Å². The summed E-state index contributed by atoms with van der Waals surface area (Å²) in [5, 5.41) is 7.24. The highest BCUT2D eigenvalue weighted by Gasteiger charge is 2.42. The number of fused-ring (bicyclic) bond motifs is 2. The highest BCUT2D eigenvalue weighted by Crippen LogP contribution is 2.38. The fourth-order valence-corrected chi connectivity index (χ4v) is 4.85. The highest BCUT2D eigenvalue weighted by atomic mass is 15.4. The molecule has 3 aromatic heterocycles. The van der Waals surface area contributed by atoms with Gasteiger partial charge in [-0.15, -0.1) is 0 Å². The maximum atomic E-state index is 4.91. The summed E-state index contributed by atoms with van der Waals surface area (Å²) < 4.78 is 2.08. The maximum absolute atomic E-state index is 4.91. The second-order valence-corrected chi connectivity index (χ2v) is 8.72. The SMILES string of the molecule is CCn1c(-c2cnc(C)nc2)nc2c(NC3=CCC4NC(C)N(C5CC5)C4=C3)ncnc21. The normalized spacial score (nSPS) is 22.7. The first kappa shape index (κ1) is 19.4. The first-order valence-electron chi connectivity index (χ1n) is 11.4. The molecule has 0 radical (unpaired) electrons. The number of anilines is 1. The van der Waals surface area contributed by atoms with Crippen LogP contribution >= 0.6 is 0 Å². The average molecular weight is 430 g/mol. The molecule has 0 spiro atoms. The van der Waals surface area contributed by atoms with E-state index >= 15 is 0 Å². The summed E-state index contributed by atoms with van der Waals surface area (Å²) in [7, 11) is 0. The number of aryl methyl sites for hydroxylation is 2. The van der Waals surface area contributed by atoms with Gasteiger partial charge < -0.3 is 14.8 Å². The van der Waals surface area contributed by atoms with Crippen molar-refractivity contribution >= 4 is 17.0 Å². The quantitative estimate of drug-likeness (QED) is 0.639. The molecule has 9 nitrogen and oxygen atoms in total. The van der Waals surface area contributed by atoms with Crippen molar-refractivity contribution in [1.29, 1.82) is 0 Å². The van der Waals surface area contributed by atoms with Crippen LogP contribution in [0.1, 0.15) is 38.9 Å². The van der Waals surface area contributed by atoms with Crippen molar-refractivity contribution in [3.63, 3.8) is 0 Å². The van der Waals surface area contributed by atoms with Crippen LogP contribution in [0.5, 0.6) is 0 Å². The summed E-state index contributed by atoms with van der Waals surface area (Å²) in [4.78, 5) is 25.2. The number of imidazole rings is 1. The Labute approximate surface area is 186 Å². The molecule has 1 saturated carbocycles. The molecule has 2 aliphatic carbocycles. The predicted octanol–water partition coefficient (Wildman–Crippen LogP) is 2.98. The van der Waals surface area contributed by atoms with E-state index in [2.05, 4.69) is 66.0 Å². The Balaban J connectivity index is 1.36. The van der Waals surface area contributed by atoms with E-state index in [0.29, 0.717) is 18.2 Å². The average Bonchev–Trinajstić information content (AvgIpc) is 3.47. The molecule has 1 saturated heterocycles. The van der Waals surface area contributed by atoms with Gasteiger partial charge in [-0.25, -0.2) is 24.9 Å². The van der Waals surface area contributed by atoms with Crippen LogP contribution in [0.15, 0.2) is 42.3 Å². The van der Waals surface area contributed by atoms with E-state index in [1.165, 1.54) is 18.5 Å². The van der Waals surface area contributed by atoms with Crippen LogP contribution in [-0.2, 0) is 6.54 Å². The molecule has 1 aliphatic heterocycles. The first-order valence-corrected chi connectivity index (χ1v) is 11.4. The van der Waals surface area contributed by atoms with Crippen LogP contribution in [0.25, 0.3) is 22.6 Å². The number of aromatic nitrogens is 6. The van der Waals surface area contributed by atoms with Gasteiger partial charge in [0.2, 0.25) is 0 Å². The van der Waals surface area contributed by atoms with Crippen molar-refractivity contribution in [2.24, 2.45) is 0 Å². The number of hydrogen-bond donors (Lipinski definition) is 2. The zero-order valence-electron chi connectivity index (χ0n) is 18.6. The molecule has 3 aromatic rings. The second kappa shape index (κ2) is 7.37. The molecule has 2 fully saturated rings. The lowest BCUT2D eigenvalue weighted by atomic mass is 10.0. The number of hydrogen-bond acceptors (Lipinski definition) is 8. The minimum absolute atomic E-state index is 0.386. The minimum atomic E-state index is 0.386. The lowest BCUT2D eigenvalue weighted by Gasteiger charge is -2.26. The van der Waals surface area contributed by atoms with E-state index in [9.17, 15) is 0 Å². The lowest BCUT2D eigenvalue weighted by Crippen LogP contribution is -2.34. The summed E-state index contributed by atoms with van der Waals surface area (Å²) in [6.45, 7) is 6.96. The molecule has 0 amide bonds. The Morgan fingerprint density at radius 2 is 1.97 bits per heavy atom. The fraction of sp³-hybridized carbons (Fsp3) is 0.435. The van der Waals surface area contributed by atoms with Gasteiger partial charge in [0, 0.05) is 36.4 Å². The highest BCUT2D eigenvalue weighted by molar-refractivity contribution is 5.87. The van der Waals surface area contributed by atoms with Crippen LogP contribution in [0.3, 0.4) is 0 Å². The zero-order chi connectivity index (χ0) is 21.8. The topological polar surface area (TPSA) is 96.7 Å². The van der Waals surface area contributed by atoms with E-state index < -0.39 is 0 Å². The molecule has 2 atom stereocenters. The van der Waals surface area contributed by atoms with E-state index in [-0.39, 0.29) is 0 Å². The molecule has 3 aliphatic rings. The lowest BCUT2D eigenvalue weighted by molar-refractivity contribution is 0.284. The van der Waals surface area contributed by atoms with Crippen molar-refractivity contribution in [3.8, 4) is 11.4 Å². The Morgan fingerprint density at radius 3 is 2.72 bits per heavy atom.